The average molecular weight is 487 g/mol. The van der Waals surface area contributed by atoms with E-state index in [9.17, 15) is 30.3 Å². The van der Waals surface area contributed by atoms with Crippen LogP contribution in [0, 0.1) is 5.92 Å². The van der Waals surface area contributed by atoms with Gasteiger partial charge in [0.05, 0.1) is 11.6 Å². The van der Waals surface area contributed by atoms with Crippen molar-refractivity contribution in [2.24, 2.45) is 5.92 Å². The Bertz CT molecular complexity index is 1140. The molecule has 10 heteroatoms. The molecular weight excluding hydrogens is 456 g/mol. The zero-order chi connectivity index (χ0) is 24.9. The first-order chi connectivity index (χ1) is 16.8. The normalized spacial score (nSPS) is 36.9. The van der Waals surface area contributed by atoms with E-state index in [1.54, 1.807) is 30.5 Å². The van der Waals surface area contributed by atoms with E-state index >= 15 is 0 Å². The topological polar surface area (TPSA) is 153 Å². The largest absolute Gasteiger partial charge is 0.479 e. The Morgan fingerprint density at radius 1 is 1.23 bits per heavy atom. The minimum Gasteiger partial charge on any atom is -0.479 e. The molecule has 1 aromatic heterocycles. The molecule has 0 saturated carbocycles. The van der Waals surface area contributed by atoms with Crippen molar-refractivity contribution in [2.45, 2.75) is 62.6 Å². The molecule has 9 atom stereocenters. The number of hydrogen-bond acceptors (Lipinski definition) is 9. The first kappa shape index (κ1) is 24.1. The van der Waals surface area contributed by atoms with E-state index in [0.717, 1.165) is 25.9 Å². The zero-order valence-electron chi connectivity index (χ0n) is 19.3. The number of allylic oxidation sites excluding steroid dienone is 1. The number of nitrogens with zero attached hydrogens (tertiary/aromatic N) is 2. The standard InChI is InChI=1S/C25H30N2O8/c1-2-12-11-27-8-6-13(12)9-18(27)19(28)15-5-7-26-17-4-3-14(10-16(15)17)34-25-22(31)20(29)21(30)23(35-25)24(32)33/h2-5,7,10,13,18-23,25,28-31H,6,8-9,11H2,1H3,(H,32,33)/b12-2+/t13-,18-,19+,20-,21-,22+,23-,25-/m0/s1. The summed E-state index contributed by atoms with van der Waals surface area (Å²) in [6.07, 6.45) is -3.44. The third-order valence-corrected chi connectivity index (χ3v) is 7.54. The summed E-state index contributed by atoms with van der Waals surface area (Å²) < 4.78 is 10.9. The van der Waals surface area contributed by atoms with Gasteiger partial charge < -0.3 is 35.0 Å². The van der Waals surface area contributed by atoms with Crippen LogP contribution in [0.25, 0.3) is 10.9 Å². The lowest BCUT2D eigenvalue weighted by atomic mass is 9.76. The van der Waals surface area contributed by atoms with Crippen molar-refractivity contribution >= 4 is 16.9 Å². The monoisotopic (exact) mass is 486 g/mol. The molecule has 4 aliphatic rings. The predicted molar refractivity (Wildman–Crippen MR) is 123 cm³/mol. The Kier molecular flexibility index (Phi) is 6.51. The zero-order valence-corrected chi connectivity index (χ0v) is 19.3. The van der Waals surface area contributed by atoms with E-state index in [4.69, 9.17) is 9.47 Å². The Hall–Kier alpha value is -2.60. The molecular formula is C25H30N2O8. The Balaban J connectivity index is 1.41. The van der Waals surface area contributed by atoms with E-state index in [1.807, 2.05) is 0 Å². The number of benzene rings is 1. The molecule has 0 aliphatic carbocycles. The Morgan fingerprint density at radius 2 is 2.03 bits per heavy atom. The highest BCUT2D eigenvalue weighted by Gasteiger charge is 2.48. The minimum atomic E-state index is -1.80. The van der Waals surface area contributed by atoms with Crippen molar-refractivity contribution in [2.75, 3.05) is 13.1 Å². The number of rotatable bonds is 5. The van der Waals surface area contributed by atoms with Crippen LogP contribution in [-0.4, -0.2) is 91.2 Å². The molecule has 1 unspecified atom stereocenters. The van der Waals surface area contributed by atoms with Crippen LogP contribution < -0.4 is 4.74 Å². The van der Waals surface area contributed by atoms with Crippen molar-refractivity contribution in [3.8, 4) is 5.75 Å². The van der Waals surface area contributed by atoms with Crippen LogP contribution in [0.5, 0.6) is 5.75 Å². The number of pyridine rings is 1. The first-order valence-electron chi connectivity index (χ1n) is 11.8. The van der Waals surface area contributed by atoms with Gasteiger partial charge in [-0.1, -0.05) is 11.6 Å². The number of piperidine rings is 3. The predicted octanol–water partition coefficient (Wildman–Crippen LogP) is 0.580. The summed E-state index contributed by atoms with van der Waals surface area (Å²) in [4.78, 5) is 18.1. The van der Waals surface area contributed by atoms with Crippen molar-refractivity contribution in [3.63, 3.8) is 0 Å². The molecule has 5 N–H and O–H groups in total. The molecule has 4 aliphatic heterocycles. The van der Waals surface area contributed by atoms with E-state index in [-0.39, 0.29) is 11.8 Å². The summed E-state index contributed by atoms with van der Waals surface area (Å²) in [7, 11) is 0. The fraction of sp³-hybridized carbons (Fsp3) is 0.520. The van der Waals surface area contributed by atoms with Gasteiger partial charge in [-0.3, -0.25) is 9.88 Å². The van der Waals surface area contributed by atoms with E-state index in [1.165, 1.54) is 5.57 Å². The molecule has 4 saturated heterocycles. The van der Waals surface area contributed by atoms with Crippen LogP contribution in [0.2, 0.25) is 0 Å². The number of aliphatic hydroxyl groups is 4. The molecule has 1 aromatic carbocycles. The summed E-state index contributed by atoms with van der Waals surface area (Å²) in [5.41, 5.74) is 2.76. The highest BCUT2D eigenvalue weighted by molar-refractivity contribution is 5.84. The maximum atomic E-state index is 11.4. The van der Waals surface area contributed by atoms with Gasteiger partial charge in [0.1, 0.15) is 24.1 Å². The molecule has 4 fully saturated rings. The van der Waals surface area contributed by atoms with E-state index in [0.29, 0.717) is 22.4 Å². The van der Waals surface area contributed by atoms with Crippen LogP contribution >= 0.6 is 0 Å². The second-order valence-electron chi connectivity index (χ2n) is 9.50. The summed E-state index contributed by atoms with van der Waals surface area (Å²) in [6.45, 7) is 3.86. The number of hydrogen-bond donors (Lipinski definition) is 5. The highest BCUT2D eigenvalue weighted by atomic mass is 16.7. The minimum absolute atomic E-state index is 0.0240. The number of carbonyl (C=O) groups is 1. The third-order valence-electron chi connectivity index (χ3n) is 7.54. The van der Waals surface area contributed by atoms with E-state index in [2.05, 4.69) is 22.9 Å². The molecule has 0 amide bonds. The van der Waals surface area contributed by atoms with Crippen LogP contribution in [0.4, 0.5) is 0 Å². The number of carboxylic acid groups (broad SMARTS) is 1. The highest BCUT2D eigenvalue weighted by Crippen LogP contribution is 2.41. The van der Waals surface area contributed by atoms with Gasteiger partial charge in [-0.05, 0) is 62.1 Å². The van der Waals surface area contributed by atoms with Crippen molar-refractivity contribution in [3.05, 3.63) is 47.7 Å². The number of fused-ring (bicyclic) bond motifs is 4. The van der Waals surface area contributed by atoms with Crippen molar-refractivity contribution < 1.29 is 39.8 Å². The SMILES string of the molecule is C/C=C1\CN2CC[C@H]1C[C@H]2[C@H](O)c1ccnc2ccc(O[C@H]3O[C@H](C(=O)O)[C@@H](O)[C@H](O)[C@H]3O)cc12. The lowest BCUT2D eigenvalue weighted by Gasteiger charge is -2.48. The summed E-state index contributed by atoms with van der Waals surface area (Å²) in [5.74, 6) is -0.772. The van der Waals surface area contributed by atoms with E-state index < -0.39 is 42.8 Å². The number of aromatic nitrogens is 1. The fourth-order valence-corrected chi connectivity index (χ4v) is 5.57. The number of aliphatic carboxylic acids is 1. The molecule has 2 aromatic rings. The maximum Gasteiger partial charge on any atom is 0.335 e. The summed E-state index contributed by atoms with van der Waals surface area (Å²) in [6, 6.07) is 6.69. The number of carboxylic acids is 1. The van der Waals surface area contributed by atoms with Gasteiger partial charge in [0.2, 0.25) is 6.29 Å². The third kappa shape index (κ3) is 4.31. The number of aliphatic hydroxyl groups excluding tert-OH is 4. The summed E-state index contributed by atoms with van der Waals surface area (Å²) >= 11 is 0. The molecule has 2 bridgehead atoms. The van der Waals surface area contributed by atoms with Crippen molar-refractivity contribution in [1.82, 2.24) is 9.88 Å². The Morgan fingerprint density at radius 3 is 2.71 bits per heavy atom. The first-order valence-corrected chi connectivity index (χ1v) is 11.8. The molecule has 5 heterocycles. The number of ether oxygens (including phenoxy) is 2. The average Bonchev–Trinajstić information content (AvgIpc) is 2.88. The van der Waals surface area contributed by atoms with Gasteiger partial charge in [0.15, 0.2) is 6.10 Å². The summed E-state index contributed by atoms with van der Waals surface area (Å²) in [5, 5.41) is 51.6. The van der Waals surface area contributed by atoms with Gasteiger partial charge in [0.25, 0.3) is 0 Å². The van der Waals surface area contributed by atoms with Crippen LogP contribution in [0.3, 0.4) is 0 Å². The van der Waals surface area contributed by atoms with Gasteiger partial charge >= 0.3 is 5.97 Å². The quantitative estimate of drug-likeness (QED) is 0.379. The van der Waals surface area contributed by atoms with Crippen LogP contribution in [-0.2, 0) is 9.53 Å². The lowest BCUT2D eigenvalue weighted by Crippen LogP contribution is -2.61. The fourth-order valence-electron chi connectivity index (χ4n) is 5.57. The second kappa shape index (κ2) is 9.45. The molecule has 35 heavy (non-hydrogen) atoms. The molecule has 10 nitrogen and oxygen atoms in total. The van der Waals surface area contributed by atoms with Crippen LogP contribution in [0.15, 0.2) is 42.1 Å². The van der Waals surface area contributed by atoms with Crippen LogP contribution in [0.1, 0.15) is 31.4 Å². The molecule has 0 radical (unpaired) electrons. The molecule has 188 valence electrons. The van der Waals surface area contributed by atoms with Gasteiger partial charge in [-0.15, -0.1) is 0 Å². The van der Waals surface area contributed by atoms with Gasteiger partial charge in [0, 0.05) is 24.2 Å². The van der Waals surface area contributed by atoms with Crippen molar-refractivity contribution in [1.29, 1.82) is 0 Å². The second-order valence-corrected chi connectivity index (χ2v) is 9.50. The molecule has 6 rings (SSSR count). The molecule has 0 spiro atoms. The smallest absolute Gasteiger partial charge is 0.335 e. The maximum absolute atomic E-state index is 11.4. The Labute approximate surface area is 202 Å². The lowest BCUT2D eigenvalue weighted by molar-refractivity contribution is -0.271. The van der Waals surface area contributed by atoms with Gasteiger partial charge in [-0.25, -0.2) is 4.79 Å². The van der Waals surface area contributed by atoms with Gasteiger partial charge in [-0.2, -0.15) is 0 Å².